The van der Waals surface area contributed by atoms with Crippen LogP contribution in [0.3, 0.4) is 0 Å². The molecule has 0 bridgehead atoms. The molecule has 0 radical (unpaired) electrons. The van der Waals surface area contributed by atoms with Crippen LogP contribution in [0.4, 0.5) is 0 Å². The fourth-order valence-corrected chi connectivity index (χ4v) is 3.01. The summed E-state index contributed by atoms with van der Waals surface area (Å²) >= 11 is 1.76. The van der Waals surface area contributed by atoms with E-state index in [2.05, 4.69) is 27.5 Å². The van der Waals surface area contributed by atoms with Crippen molar-refractivity contribution in [3.05, 3.63) is 16.1 Å². The lowest BCUT2D eigenvalue weighted by molar-refractivity contribution is 0.316. The normalized spacial score (nSPS) is 26.4. The molecule has 3 nitrogen and oxygen atoms in total. The van der Waals surface area contributed by atoms with Crippen LogP contribution in [-0.4, -0.2) is 35.1 Å². The minimum absolute atomic E-state index is 0.729. The van der Waals surface area contributed by atoms with Crippen molar-refractivity contribution in [1.82, 2.24) is 15.2 Å². The Morgan fingerprint density at radius 1 is 1.44 bits per heavy atom. The number of hydrogen-bond donors (Lipinski definition) is 1. The number of thiazole rings is 1. The van der Waals surface area contributed by atoms with Crippen LogP contribution in [0.25, 0.3) is 0 Å². The highest BCUT2D eigenvalue weighted by molar-refractivity contribution is 7.09. The molecule has 4 heteroatoms. The molecule has 1 saturated heterocycles. The van der Waals surface area contributed by atoms with E-state index in [0.29, 0.717) is 0 Å². The van der Waals surface area contributed by atoms with Gasteiger partial charge in [0.25, 0.3) is 0 Å². The lowest BCUT2D eigenvalue weighted by atomic mass is 10.2. The van der Waals surface area contributed by atoms with Gasteiger partial charge in [-0.05, 0) is 26.2 Å². The first-order valence-corrected chi connectivity index (χ1v) is 7.07. The zero-order chi connectivity index (χ0) is 11.0. The van der Waals surface area contributed by atoms with Gasteiger partial charge in [-0.2, -0.15) is 0 Å². The summed E-state index contributed by atoms with van der Waals surface area (Å²) in [7, 11) is 0. The van der Waals surface area contributed by atoms with E-state index < -0.39 is 0 Å². The summed E-state index contributed by atoms with van der Waals surface area (Å²) in [6, 6.07) is 1.57. The van der Waals surface area contributed by atoms with E-state index in [1.807, 2.05) is 0 Å². The average molecular weight is 237 g/mol. The highest BCUT2D eigenvalue weighted by Crippen LogP contribution is 2.22. The molecule has 0 spiro atoms. The van der Waals surface area contributed by atoms with E-state index in [1.165, 1.54) is 43.1 Å². The van der Waals surface area contributed by atoms with Gasteiger partial charge in [0, 0.05) is 37.1 Å². The average Bonchev–Trinajstić information content (AvgIpc) is 2.80. The molecule has 16 heavy (non-hydrogen) atoms. The molecule has 1 aliphatic carbocycles. The summed E-state index contributed by atoms with van der Waals surface area (Å²) in [6.45, 7) is 5.54. The Bertz CT molecular complexity index is 359. The van der Waals surface area contributed by atoms with Crippen molar-refractivity contribution >= 4 is 11.3 Å². The standard InChI is InChI=1S/C12H19N3S/c1-9-13-12(8-16-9)7-15-5-4-11(6-15)14-10-2-3-10/h8,10-11,14H,2-7H2,1H3. The number of aryl methyl sites for hydroxylation is 1. The van der Waals surface area contributed by atoms with Gasteiger partial charge in [0.15, 0.2) is 0 Å². The number of hydrogen-bond acceptors (Lipinski definition) is 4. The number of nitrogens with zero attached hydrogens (tertiary/aromatic N) is 2. The topological polar surface area (TPSA) is 28.2 Å². The predicted molar refractivity (Wildman–Crippen MR) is 66.7 cm³/mol. The van der Waals surface area contributed by atoms with Gasteiger partial charge >= 0.3 is 0 Å². The maximum Gasteiger partial charge on any atom is 0.0897 e. The summed E-state index contributed by atoms with van der Waals surface area (Å²) in [4.78, 5) is 7.05. The van der Waals surface area contributed by atoms with Gasteiger partial charge in [-0.3, -0.25) is 4.90 Å². The molecule has 1 aliphatic heterocycles. The van der Waals surface area contributed by atoms with Crippen LogP contribution in [0.15, 0.2) is 5.38 Å². The molecule has 88 valence electrons. The monoisotopic (exact) mass is 237 g/mol. The third-order valence-corrected chi connectivity index (χ3v) is 4.20. The molecule has 3 rings (SSSR count). The molecule has 1 aromatic rings. The first-order valence-electron chi connectivity index (χ1n) is 6.19. The van der Waals surface area contributed by atoms with Gasteiger partial charge in [-0.15, -0.1) is 11.3 Å². The summed E-state index contributed by atoms with van der Waals surface area (Å²) in [5, 5.41) is 7.09. The van der Waals surface area contributed by atoms with Crippen molar-refractivity contribution < 1.29 is 0 Å². The second-order valence-corrected chi connectivity index (χ2v) is 6.08. The first kappa shape index (κ1) is 10.7. The van der Waals surface area contributed by atoms with Crippen molar-refractivity contribution in [3.63, 3.8) is 0 Å². The number of nitrogens with one attached hydrogen (secondary N) is 1. The maximum atomic E-state index is 4.53. The maximum absolute atomic E-state index is 4.53. The van der Waals surface area contributed by atoms with E-state index in [9.17, 15) is 0 Å². The van der Waals surface area contributed by atoms with Crippen molar-refractivity contribution in [3.8, 4) is 0 Å². The van der Waals surface area contributed by atoms with E-state index in [1.54, 1.807) is 11.3 Å². The van der Waals surface area contributed by atoms with Crippen LogP contribution >= 0.6 is 11.3 Å². The van der Waals surface area contributed by atoms with Gasteiger partial charge in [0.05, 0.1) is 10.7 Å². The number of aromatic nitrogens is 1. The largest absolute Gasteiger partial charge is 0.310 e. The Kier molecular flexibility index (Phi) is 2.96. The molecule has 1 N–H and O–H groups in total. The highest BCUT2D eigenvalue weighted by atomic mass is 32.1. The van der Waals surface area contributed by atoms with Crippen molar-refractivity contribution in [2.75, 3.05) is 13.1 Å². The van der Waals surface area contributed by atoms with Gasteiger partial charge in [-0.1, -0.05) is 0 Å². The third-order valence-electron chi connectivity index (χ3n) is 3.37. The predicted octanol–water partition coefficient (Wildman–Crippen LogP) is 1.78. The Hall–Kier alpha value is -0.450. The second kappa shape index (κ2) is 4.43. The van der Waals surface area contributed by atoms with Crippen LogP contribution in [-0.2, 0) is 6.54 Å². The molecular formula is C12H19N3S. The quantitative estimate of drug-likeness (QED) is 0.865. The summed E-state index contributed by atoms with van der Waals surface area (Å²) < 4.78 is 0. The minimum atomic E-state index is 0.729. The Balaban J connectivity index is 1.49. The molecule has 1 unspecified atom stereocenters. The van der Waals surface area contributed by atoms with Crippen LogP contribution in [0.2, 0.25) is 0 Å². The summed E-state index contributed by atoms with van der Waals surface area (Å²) in [5.74, 6) is 0. The van der Waals surface area contributed by atoms with Crippen LogP contribution < -0.4 is 5.32 Å². The number of rotatable bonds is 4. The molecule has 2 aliphatic rings. The number of likely N-dealkylation sites (tertiary alicyclic amines) is 1. The van der Waals surface area contributed by atoms with Gasteiger partial charge in [0.2, 0.25) is 0 Å². The first-order chi connectivity index (χ1) is 7.79. The van der Waals surface area contributed by atoms with Crippen molar-refractivity contribution in [1.29, 1.82) is 0 Å². The van der Waals surface area contributed by atoms with Crippen molar-refractivity contribution in [2.45, 2.75) is 44.8 Å². The molecule has 1 atom stereocenters. The van der Waals surface area contributed by atoms with Crippen molar-refractivity contribution in [2.24, 2.45) is 0 Å². The SMILES string of the molecule is Cc1nc(CN2CCC(NC3CC3)C2)cs1. The third kappa shape index (κ3) is 2.62. The summed E-state index contributed by atoms with van der Waals surface area (Å²) in [5.41, 5.74) is 1.24. The van der Waals surface area contributed by atoms with Crippen LogP contribution in [0.5, 0.6) is 0 Å². The van der Waals surface area contributed by atoms with Gasteiger partial charge in [-0.25, -0.2) is 4.98 Å². The molecule has 1 saturated carbocycles. The fourth-order valence-electron chi connectivity index (χ4n) is 2.41. The lowest BCUT2D eigenvalue weighted by Gasteiger charge is -2.15. The Morgan fingerprint density at radius 2 is 2.31 bits per heavy atom. The van der Waals surface area contributed by atoms with Crippen LogP contribution in [0.1, 0.15) is 30.0 Å². The molecule has 2 heterocycles. The summed E-state index contributed by atoms with van der Waals surface area (Å²) in [6.07, 6.45) is 4.09. The smallest absolute Gasteiger partial charge is 0.0897 e. The van der Waals surface area contributed by atoms with E-state index in [0.717, 1.165) is 18.6 Å². The fraction of sp³-hybridized carbons (Fsp3) is 0.750. The zero-order valence-corrected chi connectivity index (χ0v) is 10.6. The lowest BCUT2D eigenvalue weighted by Crippen LogP contribution is -2.33. The molecule has 0 aromatic carbocycles. The molecule has 0 amide bonds. The van der Waals surface area contributed by atoms with E-state index >= 15 is 0 Å². The second-order valence-electron chi connectivity index (χ2n) is 5.02. The molecule has 2 fully saturated rings. The van der Waals surface area contributed by atoms with E-state index in [4.69, 9.17) is 0 Å². The van der Waals surface area contributed by atoms with Crippen LogP contribution in [0, 0.1) is 6.92 Å². The minimum Gasteiger partial charge on any atom is -0.310 e. The molecule has 1 aromatic heterocycles. The highest BCUT2D eigenvalue weighted by Gasteiger charge is 2.29. The van der Waals surface area contributed by atoms with E-state index in [-0.39, 0.29) is 0 Å². The Morgan fingerprint density at radius 3 is 3.00 bits per heavy atom. The zero-order valence-electron chi connectivity index (χ0n) is 9.78. The molecular weight excluding hydrogens is 218 g/mol. The van der Waals surface area contributed by atoms with Gasteiger partial charge in [0.1, 0.15) is 0 Å². The Labute approximate surface area is 101 Å². The van der Waals surface area contributed by atoms with Gasteiger partial charge < -0.3 is 5.32 Å².